The van der Waals surface area contributed by atoms with Gasteiger partial charge in [-0.3, -0.25) is 4.79 Å². The lowest BCUT2D eigenvalue weighted by molar-refractivity contribution is -0.150. The molecular formula is C18H25NO3. The molecule has 6 rings (SSSR count). The van der Waals surface area contributed by atoms with E-state index >= 15 is 0 Å². The molecule has 0 spiro atoms. The van der Waals surface area contributed by atoms with Crippen molar-refractivity contribution < 1.29 is 14.7 Å². The maximum atomic E-state index is 13.0. The van der Waals surface area contributed by atoms with E-state index in [1.807, 2.05) is 0 Å². The van der Waals surface area contributed by atoms with Crippen molar-refractivity contribution in [1.29, 1.82) is 0 Å². The van der Waals surface area contributed by atoms with Gasteiger partial charge in [0.15, 0.2) is 0 Å². The van der Waals surface area contributed by atoms with Gasteiger partial charge in [0.2, 0.25) is 5.91 Å². The second-order valence-corrected chi connectivity index (χ2v) is 8.82. The Morgan fingerprint density at radius 3 is 2.41 bits per heavy atom. The normalized spacial score (nSPS) is 51.0. The first kappa shape index (κ1) is 13.4. The first-order chi connectivity index (χ1) is 10.6. The minimum absolute atomic E-state index is 0.148. The van der Waals surface area contributed by atoms with Crippen molar-refractivity contribution in [3.05, 3.63) is 0 Å². The molecule has 4 heteroatoms. The number of carboxylic acid groups (broad SMARTS) is 1. The fraction of sp³-hybridized carbons (Fsp3) is 0.889. The average molecular weight is 303 g/mol. The Balaban J connectivity index is 1.36. The molecule has 6 fully saturated rings. The molecular weight excluding hydrogens is 278 g/mol. The Labute approximate surface area is 131 Å². The number of carboxylic acids is 1. The van der Waals surface area contributed by atoms with Gasteiger partial charge in [0.05, 0.1) is 0 Å². The molecule has 6 aliphatic rings. The summed E-state index contributed by atoms with van der Waals surface area (Å²) in [5.41, 5.74) is 0.257. The molecule has 1 aliphatic heterocycles. The molecule has 5 atom stereocenters. The largest absolute Gasteiger partial charge is 0.480 e. The van der Waals surface area contributed by atoms with Gasteiger partial charge in [-0.05, 0) is 73.5 Å². The first-order valence-electron chi connectivity index (χ1n) is 9.10. The van der Waals surface area contributed by atoms with Crippen LogP contribution in [0.3, 0.4) is 0 Å². The van der Waals surface area contributed by atoms with Crippen LogP contribution in [0.2, 0.25) is 0 Å². The fourth-order valence-corrected chi connectivity index (χ4v) is 7.24. The summed E-state index contributed by atoms with van der Waals surface area (Å²) in [6, 6.07) is -0.537. The third-order valence-corrected chi connectivity index (χ3v) is 8.01. The van der Waals surface area contributed by atoms with Gasteiger partial charge < -0.3 is 10.0 Å². The van der Waals surface area contributed by atoms with Gasteiger partial charge in [-0.2, -0.15) is 0 Å². The predicted octanol–water partition coefficient (Wildman–Crippen LogP) is 2.52. The van der Waals surface area contributed by atoms with Crippen LogP contribution in [-0.4, -0.2) is 34.5 Å². The second kappa shape index (κ2) is 4.27. The number of carbonyl (C=O) groups excluding carboxylic acids is 1. The highest BCUT2D eigenvalue weighted by atomic mass is 16.4. The molecule has 1 N–H and O–H groups in total. The standard InChI is InChI=1S/C18H25NO3/c20-15(8-18-6-11-4-13(18)5-12(11)7-18)19-9-10-2-1-3-14(10)16(19)17(21)22/h10-14,16H,1-9H2,(H,21,22)/t10-,11?,12?,13?,14-,16-,18?/m0/s1. The zero-order valence-corrected chi connectivity index (χ0v) is 13.0. The van der Waals surface area contributed by atoms with Crippen molar-refractivity contribution >= 4 is 11.9 Å². The third-order valence-electron chi connectivity index (χ3n) is 8.01. The van der Waals surface area contributed by atoms with Crippen LogP contribution in [-0.2, 0) is 9.59 Å². The quantitative estimate of drug-likeness (QED) is 0.871. The number of fused-ring (bicyclic) bond motifs is 1. The van der Waals surface area contributed by atoms with Crippen molar-refractivity contribution in [1.82, 2.24) is 4.90 Å². The van der Waals surface area contributed by atoms with E-state index in [1.54, 1.807) is 4.90 Å². The molecule has 1 saturated heterocycles. The molecule has 120 valence electrons. The molecule has 22 heavy (non-hydrogen) atoms. The van der Waals surface area contributed by atoms with Crippen LogP contribution in [0.1, 0.15) is 51.4 Å². The monoisotopic (exact) mass is 303 g/mol. The van der Waals surface area contributed by atoms with Crippen LogP contribution in [0.4, 0.5) is 0 Å². The number of hydrogen-bond acceptors (Lipinski definition) is 2. The maximum absolute atomic E-state index is 13.0. The molecule has 4 nitrogen and oxygen atoms in total. The molecule has 5 saturated carbocycles. The Morgan fingerprint density at radius 2 is 1.82 bits per heavy atom. The number of amides is 1. The zero-order chi connectivity index (χ0) is 15.1. The maximum Gasteiger partial charge on any atom is 0.326 e. The number of hydrogen-bond donors (Lipinski definition) is 1. The summed E-state index contributed by atoms with van der Waals surface area (Å²) in [7, 11) is 0. The number of carbonyl (C=O) groups is 2. The summed E-state index contributed by atoms with van der Waals surface area (Å²) in [5, 5.41) is 9.64. The SMILES string of the molecule is O=C(O)[C@@H]1[C@H]2CCC[C@H]2CN1C(=O)CC12CC3CC1CC3C2. The van der Waals surface area contributed by atoms with Crippen molar-refractivity contribution in [3.63, 3.8) is 0 Å². The van der Waals surface area contributed by atoms with Crippen LogP contribution >= 0.6 is 0 Å². The van der Waals surface area contributed by atoms with Crippen LogP contribution in [0.15, 0.2) is 0 Å². The van der Waals surface area contributed by atoms with E-state index in [-0.39, 0.29) is 17.2 Å². The van der Waals surface area contributed by atoms with Crippen LogP contribution in [0.25, 0.3) is 0 Å². The van der Waals surface area contributed by atoms with E-state index in [4.69, 9.17) is 0 Å². The van der Waals surface area contributed by atoms with Gasteiger partial charge in [-0.25, -0.2) is 4.79 Å². The van der Waals surface area contributed by atoms with E-state index in [9.17, 15) is 14.7 Å². The van der Waals surface area contributed by atoms with Gasteiger partial charge in [-0.15, -0.1) is 0 Å². The zero-order valence-electron chi connectivity index (χ0n) is 13.0. The average Bonchev–Trinajstić information content (AvgIpc) is 3.20. The van der Waals surface area contributed by atoms with Crippen LogP contribution in [0.5, 0.6) is 0 Å². The Kier molecular flexibility index (Phi) is 2.60. The van der Waals surface area contributed by atoms with E-state index in [0.717, 1.165) is 37.0 Å². The Morgan fingerprint density at radius 1 is 1.09 bits per heavy atom. The van der Waals surface area contributed by atoms with Gasteiger partial charge in [-0.1, -0.05) is 6.42 Å². The Hall–Kier alpha value is -1.06. The highest BCUT2D eigenvalue weighted by molar-refractivity contribution is 5.85. The first-order valence-corrected chi connectivity index (χ1v) is 9.10. The third kappa shape index (κ3) is 1.59. The second-order valence-electron chi connectivity index (χ2n) is 8.82. The molecule has 5 aliphatic carbocycles. The summed E-state index contributed by atoms with van der Waals surface area (Å²) in [6.45, 7) is 0.702. The minimum Gasteiger partial charge on any atom is -0.480 e. The number of aliphatic carboxylic acids is 1. The van der Waals surface area contributed by atoms with Gasteiger partial charge >= 0.3 is 5.97 Å². The predicted molar refractivity (Wildman–Crippen MR) is 80.0 cm³/mol. The lowest BCUT2D eigenvalue weighted by atomic mass is 9.77. The van der Waals surface area contributed by atoms with E-state index in [1.165, 1.54) is 25.7 Å². The highest BCUT2D eigenvalue weighted by Crippen LogP contribution is 2.71. The van der Waals surface area contributed by atoms with Crippen LogP contribution in [0, 0.1) is 35.0 Å². The van der Waals surface area contributed by atoms with Crippen molar-refractivity contribution in [2.24, 2.45) is 35.0 Å². The van der Waals surface area contributed by atoms with E-state index in [0.29, 0.717) is 18.9 Å². The summed E-state index contributed by atoms with van der Waals surface area (Å²) >= 11 is 0. The molecule has 0 aromatic rings. The van der Waals surface area contributed by atoms with Crippen LogP contribution < -0.4 is 0 Å². The van der Waals surface area contributed by atoms with E-state index < -0.39 is 12.0 Å². The van der Waals surface area contributed by atoms with Crippen molar-refractivity contribution in [2.45, 2.75) is 57.4 Å². The molecule has 0 radical (unpaired) electrons. The highest BCUT2D eigenvalue weighted by Gasteiger charge is 2.63. The van der Waals surface area contributed by atoms with Crippen molar-refractivity contribution in [2.75, 3.05) is 6.54 Å². The fourth-order valence-electron chi connectivity index (χ4n) is 7.24. The molecule has 4 bridgehead atoms. The minimum atomic E-state index is -0.778. The Bertz CT molecular complexity index is 530. The summed E-state index contributed by atoms with van der Waals surface area (Å²) < 4.78 is 0. The molecule has 1 amide bonds. The van der Waals surface area contributed by atoms with Crippen molar-refractivity contribution in [3.8, 4) is 0 Å². The van der Waals surface area contributed by atoms with Gasteiger partial charge in [0.1, 0.15) is 6.04 Å². The summed E-state index contributed by atoms with van der Waals surface area (Å²) in [5.74, 6) is 2.55. The summed E-state index contributed by atoms with van der Waals surface area (Å²) in [6.07, 6.45) is 9.03. The number of nitrogens with zero attached hydrogens (tertiary/aromatic N) is 1. The molecule has 2 unspecified atom stereocenters. The van der Waals surface area contributed by atoms with Gasteiger partial charge in [0.25, 0.3) is 0 Å². The molecule has 1 heterocycles. The lowest BCUT2D eigenvalue weighted by Crippen LogP contribution is -2.45. The molecule has 0 aromatic carbocycles. The van der Waals surface area contributed by atoms with Gasteiger partial charge in [0, 0.05) is 13.0 Å². The number of likely N-dealkylation sites (tertiary alicyclic amines) is 1. The lowest BCUT2D eigenvalue weighted by Gasteiger charge is -2.32. The van der Waals surface area contributed by atoms with E-state index in [2.05, 4.69) is 0 Å². The summed E-state index contributed by atoms with van der Waals surface area (Å²) in [4.78, 5) is 26.4. The number of rotatable bonds is 3. The molecule has 0 aromatic heterocycles. The topological polar surface area (TPSA) is 57.6 Å². The smallest absolute Gasteiger partial charge is 0.326 e.